The van der Waals surface area contributed by atoms with Gasteiger partial charge in [0.1, 0.15) is 23.4 Å². The average Bonchev–Trinajstić information content (AvgIpc) is 3.67. The van der Waals surface area contributed by atoms with Crippen molar-refractivity contribution in [2.45, 2.75) is 64.3 Å². The number of ether oxygens (including phenoxy) is 1. The number of aliphatic imine (C=N–C) groups is 2. The Morgan fingerprint density at radius 3 is 2.64 bits per heavy atom. The van der Waals surface area contributed by atoms with E-state index in [1.807, 2.05) is 49.0 Å². The van der Waals surface area contributed by atoms with Crippen molar-refractivity contribution in [3.8, 4) is 11.5 Å². The molecule has 5 N–H and O–H groups in total. The fourth-order valence-electron chi connectivity index (χ4n) is 6.72. The minimum absolute atomic E-state index is 0.0138. The number of benzene rings is 3. The number of halogens is 2. The van der Waals surface area contributed by atoms with Crippen LogP contribution in [0, 0.1) is 17.0 Å². The predicted octanol–water partition coefficient (Wildman–Crippen LogP) is 7.17. The molecule has 12 heteroatoms. The zero-order valence-corrected chi connectivity index (χ0v) is 29.5. The molecule has 3 heterocycles. The van der Waals surface area contributed by atoms with Gasteiger partial charge in [-0.2, -0.15) is 11.8 Å². The van der Waals surface area contributed by atoms with Crippen LogP contribution in [-0.2, 0) is 23.1 Å². The van der Waals surface area contributed by atoms with Crippen molar-refractivity contribution in [3.63, 3.8) is 0 Å². The zero-order valence-electron chi connectivity index (χ0n) is 28.7. The molecule has 2 aliphatic heterocycles. The van der Waals surface area contributed by atoms with E-state index >= 15 is 8.78 Å². The van der Waals surface area contributed by atoms with Crippen LogP contribution in [-0.4, -0.2) is 53.2 Å². The molecule has 3 amide bonds. The van der Waals surface area contributed by atoms with E-state index in [9.17, 15) is 9.59 Å². The summed E-state index contributed by atoms with van der Waals surface area (Å²) in [5, 5.41) is 5.82. The van der Waals surface area contributed by atoms with Crippen LogP contribution in [0.1, 0.15) is 62.3 Å². The maximum absolute atomic E-state index is 15.6. The van der Waals surface area contributed by atoms with Gasteiger partial charge in [-0.05, 0) is 78.5 Å². The van der Waals surface area contributed by atoms with Crippen LogP contribution in [0.2, 0.25) is 0 Å². The number of amidine groups is 2. The third-order valence-corrected chi connectivity index (χ3v) is 11.1. The Labute approximate surface area is 294 Å². The molecule has 0 saturated carbocycles. The largest absolute Gasteiger partial charge is 0.454 e. The third-order valence-electron chi connectivity index (χ3n) is 9.65. The van der Waals surface area contributed by atoms with Crippen molar-refractivity contribution in [1.29, 1.82) is 0 Å². The molecule has 9 nitrogen and oxygen atoms in total. The standard InChI is InChI=1S/C38H42F2N6O3S/c1-37(2)13-6-14-38(3,23-8-5-7-22(17-23)18-31-34(47)46-36(48)44-31)35(41)45-33(42-4)27-19-24(9-10-28(27)39)49-32-26(12-16-50-21-37)25-11-15-43-30(25)20-29(32)40/h5,7-11,15,17,19-20,31,43H,6,12-14,16,18,21H2,1-4H3,(H2,41,42,45)(H2,44,46,47,48). The number of nitrogens with zero attached hydrogens (tertiary/aromatic N) is 2. The number of fused-ring (bicyclic) bond motifs is 5. The summed E-state index contributed by atoms with van der Waals surface area (Å²) in [6, 6.07) is 14.1. The summed E-state index contributed by atoms with van der Waals surface area (Å²) < 4.78 is 37.4. The Hall–Kier alpha value is -4.71. The van der Waals surface area contributed by atoms with Gasteiger partial charge in [0.15, 0.2) is 17.4 Å². The summed E-state index contributed by atoms with van der Waals surface area (Å²) in [5.74, 6) is 0.846. The van der Waals surface area contributed by atoms with Gasteiger partial charge in [0.25, 0.3) is 5.91 Å². The SMILES string of the molecule is CN=C1N=C(N)C(C)(c2cccc(CC3NC(=O)NC3=O)c2)CCCC(C)(C)CSCCc2c(c(F)cc3[nH]ccc23)Oc2ccc(F)c1c2. The Balaban J connectivity index is 1.41. The van der Waals surface area contributed by atoms with Gasteiger partial charge in [-0.1, -0.05) is 44.5 Å². The van der Waals surface area contributed by atoms with Crippen molar-refractivity contribution in [2.75, 3.05) is 18.6 Å². The van der Waals surface area contributed by atoms with Gasteiger partial charge in [0.05, 0.1) is 5.56 Å². The summed E-state index contributed by atoms with van der Waals surface area (Å²) in [7, 11) is 1.52. The summed E-state index contributed by atoms with van der Waals surface area (Å²) in [4.78, 5) is 36.2. The number of H-pyrrole nitrogens is 1. The summed E-state index contributed by atoms with van der Waals surface area (Å²) in [5.41, 5.74) is 9.31. The second-order valence-electron chi connectivity index (χ2n) is 14.0. The van der Waals surface area contributed by atoms with E-state index in [4.69, 9.17) is 15.5 Å². The molecule has 50 heavy (non-hydrogen) atoms. The van der Waals surface area contributed by atoms with Gasteiger partial charge in [-0.15, -0.1) is 0 Å². The van der Waals surface area contributed by atoms with Gasteiger partial charge < -0.3 is 20.8 Å². The molecule has 0 aliphatic carbocycles. The van der Waals surface area contributed by atoms with Gasteiger partial charge in [-0.25, -0.2) is 18.6 Å². The summed E-state index contributed by atoms with van der Waals surface area (Å²) in [6.45, 7) is 6.50. The summed E-state index contributed by atoms with van der Waals surface area (Å²) >= 11 is 1.82. The van der Waals surface area contributed by atoms with E-state index in [-0.39, 0.29) is 40.1 Å². The lowest BCUT2D eigenvalue weighted by atomic mass is 9.74. The molecular weight excluding hydrogens is 659 g/mol. The normalized spacial score (nSPS) is 22.6. The molecule has 262 valence electrons. The molecule has 1 saturated heterocycles. The summed E-state index contributed by atoms with van der Waals surface area (Å²) in [6.07, 6.45) is 5.03. The predicted molar refractivity (Wildman–Crippen MR) is 195 cm³/mol. The van der Waals surface area contributed by atoms with Crippen molar-refractivity contribution in [1.82, 2.24) is 15.6 Å². The van der Waals surface area contributed by atoms with E-state index in [1.165, 1.54) is 31.3 Å². The highest BCUT2D eigenvalue weighted by Crippen LogP contribution is 2.38. The van der Waals surface area contributed by atoms with Crippen molar-refractivity contribution < 1.29 is 23.1 Å². The highest BCUT2D eigenvalue weighted by molar-refractivity contribution is 7.99. The smallest absolute Gasteiger partial charge is 0.322 e. The number of carbonyl (C=O) groups excluding carboxylic acids is 2. The van der Waals surface area contributed by atoms with Gasteiger partial charge in [0.2, 0.25) is 0 Å². The monoisotopic (exact) mass is 700 g/mol. The maximum atomic E-state index is 15.6. The fraction of sp³-hybridized carbons (Fsp3) is 0.368. The number of nitrogens with two attached hydrogens (primary N) is 1. The van der Waals surface area contributed by atoms with Crippen LogP contribution in [0.25, 0.3) is 10.9 Å². The van der Waals surface area contributed by atoms with E-state index in [0.29, 0.717) is 24.8 Å². The number of hydrogen-bond donors (Lipinski definition) is 4. The Morgan fingerprint density at radius 2 is 1.88 bits per heavy atom. The molecule has 3 aromatic carbocycles. The van der Waals surface area contributed by atoms with Gasteiger partial charge in [0, 0.05) is 47.6 Å². The molecule has 2 bridgehead atoms. The molecule has 4 aromatic rings. The number of aromatic nitrogens is 1. The van der Waals surface area contributed by atoms with E-state index in [1.54, 1.807) is 6.20 Å². The van der Waals surface area contributed by atoms with Crippen molar-refractivity contribution in [2.24, 2.45) is 21.1 Å². The van der Waals surface area contributed by atoms with Crippen LogP contribution in [0.4, 0.5) is 13.6 Å². The number of nitrogens with one attached hydrogen (secondary N) is 3. The van der Waals surface area contributed by atoms with Crippen molar-refractivity contribution >= 4 is 46.3 Å². The Bertz CT molecular complexity index is 2010. The zero-order chi connectivity index (χ0) is 35.6. The molecule has 2 aliphatic rings. The van der Waals surface area contributed by atoms with Gasteiger partial charge >= 0.3 is 6.03 Å². The molecular formula is C38H42F2N6O3S. The third kappa shape index (κ3) is 7.40. The molecule has 2 unspecified atom stereocenters. The molecule has 2 atom stereocenters. The molecule has 6 rings (SSSR count). The highest BCUT2D eigenvalue weighted by atomic mass is 32.2. The topological polar surface area (TPSA) is 134 Å². The highest BCUT2D eigenvalue weighted by Gasteiger charge is 2.34. The second kappa shape index (κ2) is 14.3. The Morgan fingerprint density at radius 1 is 1.06 bits per heavy atom. The number of aryl methyl sites for hydroxylation is 1. The van der Waals surface area contributed by atoms with E-state index in [0.717, 1.165) is 46.4 Å². The van der Waals surface area contributed by atoms with Crippen LogP contribution < -0.4 is 21.1 Å². The minimum atomic E-state index is -0.795. The van der Waals surface area contributed by atoms with Crippen LogP contribution >= 0.6 is 11.8 Å². The van der Waals surface area contributed by atoms with Gasteiger partial charge in [-0.3, -0.25) is 15.1 Å². The Kier molecular flexibility index (Phi) is 10.0. The van der Waals surface area contributed by atoms with E-state index in [2.05, 4.69) is 34.5 Å². The van der Waals surface area contributed by atoms with Crippen LogP contribution in [0.5, 0.6) is 11.5 Å². The van der Waals surface area contributed by atoms with Crippen LogP contribution in [0.3, 0.4) is 0 Å². The molecule has 0 spiro atoms. The lowest BCUT2D eigenvalue weighted by Gasteiger charge is -2.32. The first-order valence-corrected chi connectivity index (χ1v) is 17.9. The molecule has 1 aromatic heterocycles. The number of imide groups is 1. The van der Waals surface area contributed by atoms with E-state index < -0.39 is 29.1 Å². The first-order valence-electron chi connectivity index (χ1n) is 16.7. The lowest BCUT2D eigenvalue weighted by Crippen LogP contribution is -2.40. The number of aromatic amines is 1. The number of rotatable bonds is 3. The number of amides is 3. The number of thioether (sulfide) groups is 1. The first kappa shape index (κ1) is 35.1. The van der Waals surface area contributed by atoms with Crippen LogP contribution in [0.15, 0.2) is 70.8 Å². The number of urea groups is 1. The minimum Gasteiger partial charge on any atom is -0.454 e. The molecule has 0 radical (unpaired) electrons. The fourth-order valence-corrected chi connectivity index (χ4v) is 7.91. The van der Waals surface area contributed by atoms with Crippen molar-refractivity contribution in [3.05, 3.63) is 94.7 Å². The first-order chi connectivity index (χ1) is 23.9. The lowest BCUT2D eigenvalue weighted by molar-refractivity contribution is -0.120. The average molecular weight is 701 g/mol. The molecule has 1 fully saturated rings. The second-order valence-corrected chi connectivity index (χ2v) is 15.1. The number of carbonyl (C=O) groups is 2. The quantitative estimate of drug-likeness (QED) is 0.168. The number of hydrogen-bond acceptors (Lipinski definition) is 6. The maximum Gasteiger partial charge on any atom is 0.322 e.